The van der Waals surface area contributed by atoms with E-state index in [0.29, 0.717) is 12.6 Å². The molecule has 1 saturated carbocycles. The van der Waals surface area contributed by atoms with Crippen molar-refractivity contribution < 1.29 is 9.53 Å². The van der Waals surface area contributed by atoms with Crippen molar-refractivity contribution in [3.05, 3.63) is 0 Å². The van der Waals surface area contributed by atoms with E-state index < -0.39 is 0 Å². The largest absolute Gasteiger partial charge is 0.375 e. The fourth-order valence-electron chi connectivity index (χ4n) is 3.99. The van der Waals surface area contributed by atoms with Gasteiger partial charge in [0, 0.05) is 32.2 Å². The standard InChI is InChI=1S/C16H29N3O2.2ClH/c1-12-15(17-7-9-21-12)16(20)18-14-6-8-19(11-14)10-13-4-2-3-5-13;;/h12-15,17H,2-11H2,1H3,(H,18,20);2*1H/t12-,14?,15+;;/m1../s1. The molecular weight excluding hydrogens is 337 g/mol. The van der Waals surface area contributed by atoms with E-state index >= 15 is 0 Å². The maximum Gasteiger partial charge on any atom is 0.240 e. The van der Waals surface area contributed by atoms with Crippen LogP contribution in [0.15, 0.2) is 0 Å². The number of halogens is 2. The summed E-state index contributed by atoms with van der Waals surface area (Å²) < 4.78 is 5.55. The summed E-state index contributed by atoms with van der Waals surface area (Å²) in [5.74, 6) is 1.00. The fourth-order valence-corrected chi connectivity index (χ4v) is 3.99. The summed E-state index contributed by atoms with van der Waals surface area (Å²) in [6.07, 6.45) is 6.66. The molecule has 0 spiro atoms. The van der Waals surface area contributed by atoms with Crippen LogP contribution in [0.3, 0.4) is 0 Å². The summed E-state index contributed by atoms with van der Waals surface area (Å²) >= 11 is 0. The number of carbonyl (C=O) groups is 1. The van der Waals surface area contributed by atoms with Gasteiger partial charge in [0.05, 0.1) is 12.7 Å². The maximum absolute atomic E-state index is 12.3. The predicted molar refractivity (Wildman–Crippen MR) is 96.6 cm³/mol. The van der Waals surface area contributed by atoms with Crippen LogP contribution in [-0.4, -0.2) is 61.8 Å². The molecule has 2 saturated heterocycles. The zero-order valence-electron chi connectivity index (χ0n) is 14.0. The highest BCUT2D eigenvalue weighted by atomic mass is 35.5. The number of carbonyl (C=O) groups excluding carboxylic acids is 1. The molecule has 0 aromatic heterocycles. The SMILES string of the molecule is C[C@H]1OCCN[C@@H]1C(=O)NC1CCN(CC2CCCC2)C1.Cl.Cl. The zero-order chi connectivity index (χ0) is 14.7. The van der Waals surface area contributed by atoms with Crippen molar-refractivity contribution in [1.29, 1.82) is 0 Å². The molecule has 3 fully saturated rings. The Morgan fingerprint density at radius 1 is 1.26 bits per heavy atom. The molecule has 23 heavy (non-hydrogen) atoms. The highest BCUT2D eigenvalue weighted by Crippen LogP contribution is 2.26. The van der Waals surface area contributed by atoms with Gasteiger partial charge < -0.3 is 20.3 Å². The van der Waals surface area contributed by atoms with E-state index in [1.54, 1.807) is 0 Å². The van der Waals surface area contributed by atoms with Gasteiger partial charge in [0.15, 0.2) is 0 Å². The van der Waals surface area contributed by atoms with Gasteiger partial charge in [0.2, 0.25) is 5.91 Å². The molecule has 1 aliphatic carbocycles. The van der Waals surface area contributed by atoms with Gasteiger partial charge in [0.25, 0.3) is 0 Å². The number of likely N-dealkylation sites (tertiary alicyclic amines) is 1. The Kier molecular flexibility index (Phi) is 9.16. The van der Waals surface area contributed by atoms with Gasteiger partial charge in [-0.3, -0.25) is 4.79 Å². The normalized spacial score (nSPS) is 32.1. The minimum atomic E-state index is -0.192. The lowest BCUT2D eigenvalue weighted by Gasteiger charge is -2.30. The van der Waals surface area contributed by atoms with Gasteiger partial charge in [-0.15, -0.1) is 24.8 Å². The van der Waals surface area contributed by atoms with Gasteiger partial charge in [0.1, 0.15) is 6.04 Å². The predicted octanol–water partition coefficient (Wildman–Crippen LogP) is 1.59. The van der Waals surface area contributed by atoms with Gasteiger partial charge in [-0.2, -0.15) is 0 Å². The number of ether oxygens (including phenoxy) is 1. The zero-order valence-corrected chi connectivity index (χ0v) is 15.6. The molecule has 0 bridgehead atoms. The molecule has 1 unspecified atom stereocenters. The highest BCUT2D eigenvalue weighted by molar-refractivity contribution is 5.85. The van der Waals surface area contributed by atoms with E-state index in [2.05, 4.69) is 15.5 Å². The first kappa shape index (κ1) is 21.0. The number of hydrogen-bond acceptors (Lipinski definition) is 4. The van der Waals surface area contributed by atoms with Crippen LogP contribution in [0, 0.1) is 5.92 Å². The molecule has 2 N–H and O–H groups in total. The van der Waals surface area contributed by atoms with Crippen molar-refractivity contribution in [2.24, 2.45) is 5.92 Å². The summed E-state index contributed by atoms with van der Waals surface area (Å²) in [7, 11) is 0. The van der Waals surface area contributed by atoms with E-state index in [1.807, 2.05) is 6.92 Å². The summed E-state index contributed by atoms with van der Waals surface area (Å²) in [4.78, 5) is 14.9. The number of amides is 1. The van der Waals surface area contributed by atoms with Crippen LogP contribution >= 0.6 is 24.8 Å². The minimum Gasteiger partial charge on any atom is -0.375 e. The number of nitrogens with zero attached hydrogens (tertiary/aromatic N) is 1. The number of rotatable bonds is 4. The number of hydrogen-bond donors (Lipinski definition) is 2. The molecule has 136 valence electrons. The van der Waals surface area contributed by atoms with E-state index in [4.69, 9.17) is 4.74 Å². The van der Waals surface area contributed by atoms with Crippen molar-refractivity contribution in [2.45, 2.75) is 57.2 Å². The number of nitrogens with one attached hydrogen (secondary N) is 2. The molecule has 0 radical (unpaired) electrons. The van der Waals surface area contributed by atoms with Gasteiger partial charge in [-0.05, 0) is 32.1 Å². The van der Waals surface area contributed by atoms with Gasteiger partial charge in [-0.1, -0.05) is 12.8 Å². The second-order valence-corrected chi connectivity index (χ2v) is 6.91. The summed E-state index contributed by atoms with van der Waals surface area (Å²) in [6.45, 7) is 6.81. The molecule has 1 amide bonds. The molecule has 3 atom stereocenters. The lowest BCUT2D eigenvalue weighted by Crippen LogP contribution is -2.57. The molecular formula is C16H31Cl2N3O2. The van der Waals surface area contributed by atoms with Gasteiger partial charge in [-0.25, -0.2) is 0 Å². The van der Waals surface area contributed by atoms with Crippen molar-refractivity contribution >= 4 is 30.7 Å². The van der Waals surface area contributed by atoms with Crippen LogP contribution in [-0.2, 0) is 9.53 Å². The van der Waals surface area contributed by atoms with Crippen LogP contribution in [0.2, 0.25) is 0 Å². The van der Waals surface area contributed by atoms with Crippen LogP contribution in [0.5, 0.6) is 0 Å². The van der Waals surface area contributed by atoms with Gasteiger partial charge >= 0.3 is 0 Å². The van der Waals surface area contributed by atoms with Crippen molar-refractivity contribution in [3.63, 3.8) is 0 Å². The molecule has 2 aliphatic heterocycles. The Morgan fingerprint density at radius 2 is 2.00 bits per heavy atom. The van der Waals surface area contributed by atoms with Crippen molar-refractivity contribution in [2.75, 3.05) is 32.8 Å². The lowest BCUT2D eigenvalue weighted by molar-refractivity contribution is -0.129. The second kappa shape index (κ2) is 10.0. The Balaban J connectivity index is 0.00000132. The first-order valence-corrected chi connectivity index (χ1v) is 8.60. The monoisotopic (exact) mass is 367 g/mol. The summed E-state index contributed by atoms with van der Waals surface area (Å²) in [5, 5.41) is 6.47. The van der Waals surface area contributed by atoms with Crippen LogP contribution in [0.4, 0.5) is 0 Å². The molecule has 5 nitrogen and oxygen atoms in total. The molecule has 0 aromatic rings. The van der Waals surface area contributed by atoms with Crippen LogP contribution in [0.25, 0.3) is 0 Å². The van der Waals surface area contributed by atoms with E-state index in [0.717, 1.165) is 32.0 Å². The number of morpholine rings is 1. The quantitative estimate of drug-likeness (QED) is 0.791. The topological polar surface area (TPSA) is 53.6 Å². The van der Waals surface area contributed by atoms with Crippen LogP contribution in [0.1, 0.15) is 39.0 Å². The lowest BCUT2D eigenvalue weighted by atomic mass is 10.1. The average Bonchev–Trinajstić information content (AvgIpc) is 3.12. The highest BCUT2D eigenvalue weighted by Gasteiger charge is 2.32. The molecule has 7 heteroatoms. The fraction of sp³-hybridized carbons (Fsp3) is 0.938. The molecule has 3 aliphatic rings. The Bertz CT molecular complexity index is 367. The smallest absolute Gasteiger partial charge is 0.240 e. The summed E-state index contributed by atoms with van der Waals surface area (Å²) in [6, 6.07) is 0.123. The first-order chi connectivity index (χ1) is 10.2. The van der Waals surface area contributed by atoms with Crippen molar-refractivity contribution in [1.82, 2.24) is 15.5 Å². The van der Waals surface area contributed by atoms with E-state index in [1.165, 1.54) is 32.2 Å². The third kappa shape index (κ3) is 5.75. The minimum absolute atomic E-state index is 0. The Hall–Kier alpha value is -0.0700. The molecule has 2 heterocycles. The van der Waals surface area contributed by atoms with Crippen molar-refractivity contribution in [3.8, 4) is 0 Å². The maximum atomic E-state index is 12.3. The second-order valence-electron chi connectivity index (χ2n) is 6.91. The van der Waals surface area contributed by atoms with E-state index in [9.17, 15) is 4.79 Å². The third-order valence-corrected chi connectivity index (χ3v) is 5.21. The van der Waals surface area contributed by atoms with E-state index in [-0.39, 0.29) is 42.9 Å². The third-order valence-electron chi connectivity index (χ3n) is 5.21. The summed E-state index contributed by atoms with van der Waals surface area (Å²) in [5.41, 5.74) is 0. The average molecular weight is 368 g/mol. The first-order valence-electron chi connectivity index (χ1n) is 8.60. The molecule has 0 aromatic carbocycles. The molecule has 3 rings (SSSR count). The Morgan fingerprint density at radius 3 is 2.70 bits per heavy atom. The van der Waals surface area contributed by atoms with Crippen LogP contribution < -0.4 is 10.6 Å². The Labute approximate surface area is 152 Å².